The standard InChI is InChI=1S/C34H39ClN2O2S/c1-4-39-30-17-15-25(27-16-18-32(36)37-22(27)3)19-26(30)14-13-24(23-11-9-21(2)10-12-23)20-29(38)34-33(35)28-7-5-6-8-31(28)40-34/h5-8,15-19,21,23-24H,4,9-14,20H2,1-3H3,(H2,36,37). The Morgan fingerprint density at radius 3 is 2.62 bits per heavy atom. The molecule has 4 nitrogen and oxygen atoms in total. The van der Waals surface area contributed by atoms with E-state index in [1.807, 2.05) is 50.2 Å². The summed E-state index contributed by atoms with van der Waals surface area (Å²) in [5, 5.41) is 1.59. The van der Waals surface area contributed by atoms with Gasteiger partial charge in [0.05, 0.1) is 16.5 Å². The van der Waals surface area contributed by atoms with Crippen LogP contribution in [-0.4, -0.2) is 17.4 Å². The third kappa shape index (κ3) is 6.37. The molecule has 0 amide bonds. The highest BCUT2D eigenvalue weighted by Gasteiger charge is 2.29. The van der Waals surface area contributed by atoms with E-state index in [0.717, 1.165) is 51.4 Å². The number of aromatic nitrogens is 1. The van der Waals surface area contributed by atoms with Gasteiger partial charge in [-0.25, -0.2) is 4.98 Å². The molecule has 2 aromatic heterocycles. The van der Waals surface area contributed by atoms with Gasteiger partial charge in [-0.3, -0.25) is 4.79 Å². The van der Waals surface area contributed by atoms with Gasteiger partial charge in [0, 0.05) is 27.8 Å². The highest BCUT2D eigenvalue weighted by atomic mass is 35.5. The first-order chi connectivity index (χ1) is 19.3. The molecule has 1 aliphatic carbocycles. The number of ketones is 1. The molecule has 6 heteroatoms. The normalized spacial score (nSPS) is 18.1. The molecule has 1 atom stereocenters. The Bertz CT molecular complexity index is 1490. The number of benzene rings is 2. The highest BCUT2D eigenvalue weighted by molar-refractivity contribution is 7.21. The minimum atomic E-state index is 0.178. The number of fused-ring (bicyclic) bond motifs is 1. The van der Waals surface area contributed by atoms with E-state index in [4.69, 9.17) is 22.1 Å². The Hall–Kier alpha value is -2.89. The molecule has 0 bridgehead atoms. The lowest BCUT2D eigenvalue weighted by Gasteiger charge is -2.33. The Morgan fingerprint density at radius 2 is 1.90 bits per heavy atom. The van der Waals surface area contributed by atoms with Crippen LogP contribution in [0.3, 0.4) is 0 Å². The molecule has 0 saturated heterocycles. The van der Waals surface area contributed by atoms with Gasteiger partial charge in [-0.15, -0.1) is 11.3 Å². The van der Waals surface area contributed by atoms with E-state index in [0.29, 0.717) is 40.6 Å². The van der Waals surface area contributed by atoms with Gasteiger partial charge in [0.1, 0.15) is 11.6 Å². The van der Waals surface area contributed by atoms with Crippen molar-refractivity contribution in [3.8, 4) is 16.9 Å². The van der Waals surface area contributed by atoms with E-state index in [1.165, 1.54) is 42.6 Å². The van der Waals surface area contributed by atoms with Gasteiger partial charge in [-0.05, 0) is 98.7 Å². The van der Waals surface area contributed by atoms with Gasteiger partial charge in [0.25, 0.3) is 0 Å². The molecule has 1 saturated carbocycles. The molecule has 0 radical (unpaired) electrons. The summed E-state index contributed by atoms with van der Waals surface area (Å²) >= 11 is 8.26. The number of ether oxygens (including phenoxy) is 1. The first-order valence-corrected chi connectivity index (χ1v) is 15.7. The fraction of sp³-hybridized carbons (Fsp3) is 0.412. The minimum Gasteiger partial charge on any atom is -0.494 e. The Morgan fingerprint density at radius 1 is 1.12 bits per heavy atom. The van der Waals surface area contributed by atoms with Gasteiger partial charge in [-0.2, -0.15) is 0 Å². The molecule has 5 rings (SSSR count). The number of hydrogen-bond donors (Lipinski definition) is 1. The van der Waals surface area contributed by atoms with E-state index in [2.05, 4.69) is 30.1 Å². The number of anilines is 1. The Labute approximate surface area is 246 Å². The largest absolute Gasteiger partial charge is 0.494 e. The van der Waals surface area contributed by atoms with E-state index in [1.54, 1.807) is 0 Å². The lowest BCUT2D eigenvalue weighted by atomic mass is 9.73. The summed E-state index contributed by atoms with van der Waals surface area (Å²) in [5.74, 6) is 3.25. The number of carbonyl (C=O) groups excluding carboxylic acids is 1. The van der Waals surface area contributed by atoms with Gasteiger partial charge in [0.2, 0.25) is 0 Å². The van der Waals surface area contributed by atoms with E-state index in [-0.39, 0.29) is 5.78 Å². The van der Waals surface area contributed by atoms with Gasteiger partial charge in [-0.1, -0.05) is 55.6 Å². The molecule has 0 spiro atoms. The number of halogens is 1. The molecule has 40 heavy (non-hydrogen) atoms. The van der Waals surface area contributed by atoms with Gasteiger partial charge >= 0.3 is 0 Å². The summed E-state index contributed by atoms with van der Waals surface area (Å²) in [7, 11) is 0. The second-order valence-electron chi connectivity index (χ2n) is 11.3. The number of rotatable bonds is 10. The number of hydrogen-bond acceptors (Lipinski definition) is 5. The molecule has 2 heterocycles. The summed E-state index contributed by atoms with van der Waals surface area (Å²) in [6.45, 7) is 6.97. The van der Waals surface area contributed by atoms with Crippen molar-refractivity contribution in [2.45, 2.75) is 65.7 Å². The van der Waals surface area contributed by atoms with Crippen LogP contribution in [0.4, 0.5) is 5.82 Å². The molecule has 1 aliphatic rings. The fourth-order valence-electron chi connectivity index (χ4n) is 6.25. The van der Waals surface area contributed by atoms with E-state index in [9.17, 15) is 4.79 Å². The summed E-state index contributed by atoms with van der Waals surface area (Å²) < 4.78 is 7.12. The van der Waals surface area contributed by atoms with Crippen molar-refractivity contribution in [3.05, 3.63) is 75.8 Å². The number of aryl methyl sites for hydroxylation is 2. The quantitative estimate of drug-likeness (QED) is 0.191. The molecule has 0 aliphatic heterocycles. The minimum absolute atomic E-state index is 0.178. The van der Waals surface area contributed by atoms with Crippen LogP contribution in [0.2, 0.25) is 5.02 Å². The predicted molar refractivity (Wildman–Crippen MR) is 169 cm³/mol. The van der Waals surface area contributed by atoms with Crippen LogP contribution in [0.5, 0.6) is 5.75 Å². The first kappa shape index (κ1) is 28.6. The average Bonchev–Trinajstić information content (AvgIpc) is 3.29. The molecule has 1 fully saturated rings. The van der Waals surface area contributed by atoms with Crippen molar-refractivity contribution in [3.63, 3.8) is 0 Å². The zero-order chi connectivity index (χ0) is 28.2. The Kier molecular flexibility index (Phi) is 9.12. The highest BCUT2D eigenvalue weighted by Crippen LogP contribution is 2.41. The SMILES string of the molecule is CCOc1ccc(-c2ccc(N)nc2C)cc1CCC(CC(=O)c1sc2ccccc2c1Cl)C1CCC(C)CC1. The van der Waals surface area contributed by atoms with Crippen molar-refractivity contribution in [1.82, 2.24) is 4.98 Å². The number of pyridine rings is 1. The number of Topliss-reactive ketones (excluding diaryl/α,β-unsaturated/α-hetero) is 1. The van der Waals surface area contributed by atoms with Crippen LogP contribution in [0, 0.1) is 24.7 Å². The second kappa shape index (κ2) is 12.7. The predicted octanol–water partition coefficient (Wildman–Crippen LogP) is 9.55. The topological polar surface area (TPSA) is 65.2 Å². The van der Waals surface area contributed by atoms with E-state index >= 15 is 0 Å². The van der Waals surface area contributed by atoms with Gasteiger partial charge in [0.15, 0.2) is 5.78 Å². The van der Waals surface area contributed by atoms with Crippen LogP contribution in [0.25, 0.3) is 21.2 Å². The van der Waals surface area contributed by atoms with Crippen molar-refractivity contribution in [2.24, 2.45) is 17.8 Å². The summed E-state index contributed by atoms with van der Waals surface area (Å²) in [4.78, 5) is 18.9. The number of nitrogens with zero attached hydrogens (tertiary/aromatic N) is 1. The molecule has 1 unspecified atom stereocenters. The van der Waals surface area contributed by atoms with Crippen molar-refractivity contribution < 1.29 is 9.53 Å². The molecule has 2 N–H and O–H groups in total. The molecular weight excluding hydrogens is 536 g/mol. The van der Waals surface area contributed by atoms with Crippen molar-refractivity contribution >= 4 is 44.6 Å². The van der Waals surface area contributed by atoms with Gasteiger partial charge < -0.3 is 10.5 Å². The van der Waals surface area contributed by atoms with Crippen LogP contribution in [0.1, 0.15) is 73.3 Å². The lowest BCUT2D eigenvalue weighted by molar-refractivity contribution is 0.0923. The monoisotopic (exact) mass is 574 g/mol. The van der Waals surface area contributed by atoms with Crippen LogP contribution in [0.15, 0.2) is 54.6 Å². The number of carbonyl (C=O) groups is 1. The number of thiophene rings is 1. The zero-order valence-corrected chi connectivity index (χ0v) is 25.3. The van der Waals surface area contributed by atoms with Crippen molar-refractivity contribution in [2.75, 3.05) is 12.3 Å². The smallest absolute Gasteiger partial charge is 0.174 e. The van der Waals surface area contributed by atoms with Crippen molar-refractivity contribution in [1.29, 1.82) is 0 Å². The molecular formula is C34H39ClN2O2S. The lowest BCUT2D eigenvalue weighted by Crippen LogP contribution is -2.24. The summed E-state index contributed by atoms with van der Waals surface area (Å²) in [6.07, 6.45) is 7.19. The number of nitrogen functional groups attached to an aromatic ring is 1. The number of nitrogens with two attached hydrogens (primary N) is 1. The molecule has 210 valence electrons. The third-order valence-corrected chi connectivity index (χ3v) is 10.2. The maximum atomic E-state index is 13.7. The van der Waals surface area contributed by atoms with Crippen LogP contribution >= 0.6 is 22.9 Å². The third-order valence-electron chi connectivity index (χ3n) is 8.53. The molecule has 4 aromatic rings. The van der Waals surface area contributed by atoms with Crippen LogP contribution < -0.4 is 10.5 Å². The molecule has 2 aromatic carbocycles. The zero-order valence-electron chi connectivity index (χ0n) is 23.7. The second-order valence-corrected chi connectivity index (χ2v) is 12.7. The maximum Gasteiger partial charge on any atom is 0.174 e. The first-order valence-electron chi connectivity index (χ1n) is 14.5. The summed E-state index contributed by atoms with van der Waals surface area (Å²) in [5.41, 5.74) is 10.2. The summed E-state index contributed by atoms with van der Waals surface area (Å²) in [6, 6.07) is 18.3. The van der Waals surface area contributed by atoms with E-state index < -0.39 is 0 Å². The fourth-order valence-corrected chi connectivity index (χ4v) is 7.74. The van der Waals surface area contributed by atoms with Crippen LogP contribution in [-0.2, 0) is 6.42 Å². The Balaban J connectivity index is 1.41. The maximum absolute atomic E-state index is 13.7. The average molecular weight is 575 g/mol.